The molecular formula is C14H15N3O3S2. The van der Waals surface area contributed by atoms with Crippen LogP contribution in [0.25, 0.3) is 11.5 Å². The highest BCUT2D eigenvalue weighted by Crippen LogP contribution is 2.23. The number of thiophene rings is 1. The highest BCUT2D eigenvalue weighted by atomic mass is 32.2. The van der Waals surface area contributed by atoms with Gasteiger partial charge in [0.05, 0.1) is 6.54 Å². The molecule has 0 bridgehead atoms. The average molecular weight is 337 g/mol. The van der Waals surface area contributed by atoms with Crippen LogP contribution in [-0.2, 0) is 23.6 Å². The predicted molar refractivity (Wildman–Crippen MR) is 84.0 cm³/mol. The number of hydrogen-bond donors (Lipinski definition) is 1. The molecule has 3 heterocycles. The Kier molecular flexibility index (Phi) is 3.90. The molecule has 0 aromatic carbocycles. The van der Waals surface area contributed by atoms with Crippen LogP contribution in [0.15, 0.2) is 45.2 Å². The molecule has 0 saturated heterocycles. The van der Waals surface area contributed by atoms with Gasteiger partial charge in [0.25, 0.3) is 0 Å². The lowest BCUT2D eigenvalue weighted by molar-refractivity contribution is 0.505. The Morgan fingerprint density at radius 2 is 2.09 bits per heavy atom. The van der Waals surface area contributed by atoms with Gasteiger partial charge in [0.15, 0.2) is 5.76 Å². The molecule has 0 radical (unpaired) electrons. The molecule has 0 fully saturated rings. The van der Waals surface area contributed by atoms with Crippen LogP contribution in [0, 0.1) is 6.92 Å². The van der Waals surface area contributed by atoms with Crippen molar-refractivity contribution in [1.29, 1.82) is 0 Å². The molecule has 0 saturated carbocycles. The van der Waals surface area contributed by atoms with Crippen LogP contribution < -0.4 is 4.72 Å². The first kappa shape index (κ1) is 15.0. The smallest absolute Gasteiger partial charge is 0.250 e. The fourth-order valence-corrected chi connectivity index (χ4v) is 4.34. The standard InChI is InChI=1S/C14H15N3O3S2/c1-10-3-6-14(21-10)22(18,19)16-9-11-4-5-13(20-11)12-7-8-15-17(12)2/h3-8,16H,9H2,1-2H3. The summed E-state index contributed by atoms with van der Waals surface area (Å²) in [7, 11) is -1.68. The van der Waals surface area contributed by atoms with Crippen molar-refractivity contribution in [1.82, 2.24) is 14.5 Å². The highest BCUT2D eigenvalue weighted by Gasteiger charge is 2.17. The van der Waals surface area contributed by atoms with Gasteiger partial charge in [0.1, 0.15) is 15.7 Å². The van der Waals surface area contributed by atoms with Gasteiger partial charge in [0, 0.05) is 18.1 Å². The van der Waals surface area contributed by atoms with E-state index in [2.05, 4.69) is 9.82 Å². The van der Waals surface area contributed by atoms with Gasteiger partial charge < -0.3 is 4.42 Å². The third-order valence-corrected chi connectivity index (χ3v) is 6.05. The van der Waals surface area contributed by atoms with E-state index in [9.17, 15) is 8.42 Å². The molecule has 3 aromatic heterocycles. The molecule has 1 N–H and O–H groups in total. The van der Waals surface area contributed by atoms with Crippen molar-refractivity contribution in [3.63, 3.8) is 0 Å². The summed E-state index contributed by atoms with van der Waals surface area (Å²) < 4.78 is 34.5. The first-order valence-corrected chi connectivity index (χ1v) is 8.89. The maximum Gasteiger partial charge on any atom is 0.250 e. The molecule has 3 aromatic rings. The topological polar surface area (TPSA) is 77.1 Å². The molecule has 0 unspecified atom stereocenters. The van der Waals surface area contributed by atoms with Gasteiger partial charge in [-0.1, -0.05) is 0 Å². The zero-order chi connectivity index (χ0) is 15.7. The van der Waals surface area contributed by atoms with Crippen molar-refractivity contribution < 1.29 is 12.8 Å². The summed E-state index contributed by atoms with van der Waals surface area (Å²) in [6, 6.07) is 8.78. The van der Waals surface area contributed by atoms with Gasteiger partial charge in [0.2, 0.25) is 10.0 Å². The number of aryl methyl sites for hydroxylation is 2. The summed E-state index contributed by atoms with van der Waals surface area (Å²) >= 11 is 1.24. The molecule has 6 nitrogen and oxygen atoms in total. The Hall–Kier alpha value is -1.90. The van der Waals surface area contributed by atoms with Crippen molar-refractivity contribution in [3.05, 3.63) is 47.2 Å². The molecular weight excluding hydrogens is 322 g/mol. The molecule has 0 aliphatic heterocycles. The summed E-state index contributed by atoms with van der Waals surface area (Å²) in [5, 5.41) is 4.08. The van der Waals surface area contributed by atoms with Gasteiger partial charge in [-0.15, -0.1) is 11.3 Å². The van der Waals surface area contributed by atoms with Gasteiger partial charge in [-0.05, 0) is 37.3 Å². The predicted octanol–water partition coefficient (Wildman–Crippen LogP) is 2.53. The molecule has 116 valence electrons. The van der Waals surface area contributed by atoms with E-state index in [4.69, 9.17) is 4.42 Å². The third-order valence-electron chi connectivity index (χ3n) is 3.15. The van der Waals surface area contributed by atoms with E-state index >= 15 is 0 Å². The fraction of sp³-hybridized carbons (Fsp3) is 0.214. The second-order valence-electron chi connectivity index (χ2n) is 4.80. The van der Waals surface area contributed by atoms with Crippen LogP contribution in [0.4, 0.5) is 0 Å². The summed E-state index contributed by atoms with van der Waals surface area (Å²) in [5.41, 5.74) is 0.836. The molecule has 3 rings (SSSR count). The fourth-order valence-electron chi connectivity index (χ4n) is 2.02. The monoisotopic (exact) mass is 337 g/mol. The van der Waals surface area contributed by atoms with E-state index in [1.165, 1.54) is 11.3 Å². The second kappa shape index (κ2) is 5.71. The van der Waals surface area contributed by atoms with Crippen molar-refractivity contribution in [2.45, 2.75) is 17.7 Å². The zero-order valence-corrected chi connectivity index (χ0v) is 13.7. The van der Waals surface area contributed by atoms with Crippen molar-refractivity contribution >= 4 is 21.4 Å². The first-order chi connectivity index (χ1) is 10.5. The van der Waals surface area contributed by atoms with Crippen LogP contribution in [-0.4, -0.2) is 18.2 Å². The van der Waals surface area contributed by atoms with E-state index < -0.39 is 10.0 Å². The van der Waals surface area contributed by atoms with E-state index in [0.29, 0.717) is 15.7 Å². The van der Waals surface area contributed by atoms with E-state index in [1.807, 2.05) is 20.0 Å². The number of nitrogens with zero attached hydrogens (tertiary/aromatic N) is 2. The Labute approximate surface area is 132 Å². The quantitative estimate of drug-likeness (QED) is 0.776. The Morgan fingerprint density at radius 1 is 1.27 bits per heavy atom. The van der Waals surface area contributed by atoms with E-state index in [0.717, 1.165) is 10.6 Å². The largest absolute Gasteiger partial charge is 0.458 e. The van der Waals surface area contributed by atoms with Crippen LogP contribution in [0.2, 0.25) is 0 Å². The number of rotatable bonds is 5. The molecule has 0 spiro atoms. The lowest BCUT2D eigenvalue weighted by atomic mass is 10.3. The Morgan fingerprint density at radius 3 is 2.73 bits per heavy atom. The lowest BCUT2D eigenvalue weighted by Gasteiger charge is -2.02. The average Bonchev–Trinajstić information content (AvgIpc) is 3.17. The maximum absolute atomic E-state index is 12.2. The van der Waals surface area contributed by atoms with Gasteiger partial charge in [-0.25, -0.2) is 13.1 Å². The summed E-state index contributed by atoms with van der Waals surface area (Å²) in [5.74, 6) is 1.20. The van der Waals surface area contributed by atoms with Crippen LogP contribution in [0.1, 0.15) is 10.6 Å². The minimum Gasteiger partial charge on any atom is -0.458 e. The number of nitrogens with one attached hydrogen (secondary N) is 1. The molecule has 0 aliphatic rings. The number of furan rings is 1. The minimum absolute atomic E-state index is 0.108. The van der Waals surface area contributed by atoms with Gasteiger partial charge in [-0.3, -0.25) is 4.68 Å². The lowest BCUT2D eigenvalue weighted by Crippen LogP contribution is -2.22. The Bertz CT molecular complexity index is 890. The molecule has 0 atom stereocenters. The van der Waals surface area contributed by atoms with Crippen molar-refractivity contribution in [2.75, 3.05) is 0 Å². The number of hydrogen-bond acceptors (Lipinski definition) is 5. The van der Waals surface area contributed by atoms with Gasteiger partial charge in [-0.2, -0.15) is 5.10 Å². The SMILES string of the molecule is Cc1ccc(S(=O)(=O)NCc2ccc(-c3ccnn3C)o2)s1. The highest BCUT2D eigenvalue weighted by molar-refractivity contribution is 7.91. The molecule has 0 amide bonds. The summed E-state index contributed by atoms with van der Waals surface area (Å²) in [4.78, 5) is 0.955. The first-order valence-electron chi connectivity index (χ1n) is 6.59. The van der Waals surface area contributed by atoms with Crippen molar-refractivity contribution in [3.8, 4) is 11.5 Å². The Balaban J connectivity index is 1.72. The third kappa shape index (κ3) is 2.99. The second-order valence-corrected chi connectivity index (χ2v) is 8.08. The molecule has 8 heteroatoms. The van der Waals surface area contributed by atoms with Gasteiger partial charge >= 0.3 is 0 Å². The van der Waals surface area contributed by atoms with Crippen molar-refractivity contribution in [2.24, 2.45) is 7.05 Å². The van der Waals surface area contributed by atoms with Crippen LogP contribution in [0.3, 0.4) is 0 Å². The van der Waals surface area contributed by atoms with E-state index in [-0.39, 0.29) is 6.54 Å². The normalized spacial score (nSPS) is 11.9. The zero-order valence-electron chi connectivity index (χ0n) is 12.1. The molecule has 22 heavy (non-hydrogen) atoms. The van der Waals surface area contributed by atoms with E-state index in [1.54, 1.807) is 35.1 Å². The van der Waals surface area contributed by atoms with Crippen LogP contribution >= 0.6 is 11.3 Å². The maximum atomic E-state index is 12.2. The molecule has 0 aliphatic carbocycles. The summed E-state index contributed by atoms with van der Waals surface area (Å²) in [6.07, 6.45) is 1.68. The van der Waals surface area contributed by atoms with Crippen LogP contribution in [0.5, 0.6) is 0 Å². The minimum atomic E-state index is -3.50. The number of sulfonamides is 1. The number of aromatic nitrogens is 2. The summed E-state index contributed by atoms with van der Waals surface area (Å²) in [6.45, 7) is 1.98.